The van der Waals surface area contributed by atoms with E-state index in [2.05, 4.69) is 28.8 Å². The predicted octanol–water partition coefficient (Wildman–Crippen LogP) is 3.54. The number of amides is 1. The number of anilines is 1. The fraction of sp³-hybridized carbons (Fsp3) is 0.409. The van der Waals surface area contributed by atoms with E-state index in [4.69, 9.17) is 21.1 Å². The molecule has 0 radical (unpaired) electrons. The number of hydrogen-bond donors (Lipinski definition) is 2. The van der Waals surface area contributed by atoms with Gasteiger partial charge in [0.1, 0.15) is 11.5 Å². The first-order chi connectivity index (χ1) is 15.2. The van der Waals surface area contributed by atoms with Crippen LogP contribution in [0.1, 0.15) is 29.8 Å². The first kappa shape index (κ1) is 25.8. The van der Waals surface area contributed by atoms with E-state index >= 15 is 0 Å². The Morgan fingerprint density at radius 1 is 1.06 bits per heavy atom. The Bertz CT molecular complexity index is 1060. The van der Waals surface area contributed by atoms with Crippen molar-refractivity contribution < 1.29 is 22.7 Å². The highest BCUT2D eigenvalue weighted by Crippen LogP contribution is 2.37. The van der Waals surface area contributed by atoms with Crippen molar-refractivity contribution in [3.63, 3.8) is 0 Å². The number of benzene rings is 2. The molecule has 0 aliphatic rings. The average molecular weight is 484 g/mol. The van der Waals surface area contributed by atoms with Gasteiger partial charge in [0.25, 0.3) is 15.9 Å². The summed E-state index contributed by atoms with van der Waals surface area (Å²) in [6, 6.07) is 7.47. The van der Waals surface area contributed by atoms with E-state index in [0.29, 0.717) is 17.9 Å². The van der Waals surface area contributed by atoms with Gasteiger partial charge in [-0.15, -0.1) is 0 Å². The first-order valence-corrected chi connectivity index (χ1v) is 12.1. The Kier molecular flexibility index (Phi) is 9.18. The minimum absolute atomic E-state index is 0.0112. The molecule has 10 heteroatoms. The number of likely N-dealkylation sites (N-methyl/N-ethyl adjacent to an activating group) is 1. The Balaban J connectivity index is 2.27. The minimum atomic E-state index is -4.03. The second-order valence-electron chi connectivity index (χ2n) is 7.06. The molecule has 0 aliphatic carbocycles. The summed E-state index contributed by atoms with van der Waals surface area (Å²) >= 11 is 6.15. The van der Waals surface area contributed by atoms with Crippen LogP contribution in [0.15, 0.2) is 35.2 Å². The lowest BCUT2D eigenvalue weighted by Gasteiger charge is -2.18. The summed E-state index contributed by atoms with van der Waals surface area (Å²) in [5.41, 5.74) is 0.915. The van der Waals surface area contributed by atoms with Gasteiger partial charge in [-0.25, -0.2) is 8.42 Å². The normalized spacial score (nSPS) is 11.3. The van der Waals surface area contributed by atoms with Crippen LogP contribution < -0.4 is 19.5 Å². The monoisotopic (exact) mass is 483 g/mol. The largest absolute Gasteiger partial charge is 0.495 e. The van der Waals surface area contributed by atoms with Crippen molar-refractivity contribution in [3.8, 4) is 11.5 Å². The molecule has 8 nitrogen and oxygen atoms in total. The van der Waals surface area contributed by atoms with Crippen LogP contribution in [-0.2, 0) is 10.0 Å². The van der Waals surface area contributed by atoms with Crippen molar-refractivity contribution in [1.29, 1.82) is 0 Å². The summed E-state index contributed by atoms with van der Waals surface area (Å²) in [4.78, 5) is 14.7. The minimum Gasteiger partial charge on any atom is -0.495 e. The Labute approximate surface area is 194 Å². The van der Waals surface area contributed by atoms with Gasteiger partial charge in [-0.1, -0.05) is 31.5 Å². The van der Waals surface area contributed by atoms with Gasteiger partial charge in [0.05, 0.1) is 29.8 Å². The van der Waals surface area contributed by atoms with Gasteiger partial charge >= 0.3 is 0 Å². The molecule has 0 aliphatic heterocycles. The van der Waals surface area contributed by atoms with Crippen LogP contribution in [0.2, 0.25) is 5.02 Å². The maximum absolute atomic E-state index is 13.1. The molecule has 2 aromatic carbocycles. The predicted molar refractivity (Wildman–Crippen MR) is 127 cm³/mol. The fourth-order valence-electron chi connectivity index (χ4n) is 3.14. The van der Waals surface area contributed by atoms with E-state index in [1.54, 1.807) is 19.1 Å². The molecule has 2 N–H and O–H groups in total. The number of carbonyl (C=O) groups is 1. The zero-order valence-electron chi connectivity index (χ0n) is 19.0. The summed E-state index contributed by atoms with van der Waals surface area (Å²) in [5, 5.41) is 3.06. The molecular formula is C22H30ClN3O5S. The van der Waals surface area contributed by atoms with Crippen LogP contribution in [0.3, 0.4) is 0 Å². The molecule has 0 saturated heterocycles. The van der Waals surface area contributed by atoms with E-state index in [9.17, 15) is 13.2 Å². The second kappa shape index (κ2) is 11.4. The van der Waals surface area contributed by atoms with E-state index in [0.717, 1.165) is 19.6 Å². The highest BCUT2D eigenvalue weighted by Gasteiger charge is 2.22. The summed E-state index contributed by atoms with van der Waals surface area (Å²) in [5.74, 6) is 0.266. The van der Waals surface area contributed by atoms with Gasteiger partial charge in [0.2, 0.25) is 0 Å². The number of carbonyl (C=O) groups excluding carboxylic acids is 1. The van der Waals surface area contributed by atoms with Gasteiger partial charge in [-0.3, -0.25) is 9.52 Å². The molecule has 2 aromatic rings. The summed E-state index contributed by atoms with van der Waals surface area (Å²) in [6.45, 7) is 8.74. The second-order valence-corrected chi connectivity index (χ2v) is 9.11. The average Bonchev–Trinajstić information content (AvgIpc) is 2.76. The highest BCUT2D eigenvalue weighted by atomic mass is 35.5. The molecule has 1 amide bonds. The van der Waals surface area contributed by atoms with Gasteiger partial charge in [0.15, 0.2) is 0 Å². The molecule has 2 rings (SSSR count). The summed E-state index contributed by atoms with van der Waals surface area (Å²) in [7, 11) is -1.17. The molecule has 0 atom stereocenters. The zero-order chi connectivity index (χ0) is 23.9. The molecule has 32 heavy (non-hydrogen) atoms. The first-order valence-electron chi connectivity index (χ1n) is 10.2. The third kappa shape index (κ3) is 6.27. The van der Waals surface area contributed by atoms with E-state index in [-0.39, 0.29) is 32.8 Å². The highest BCUT2D eigenvalue weighted by molar-refractivity contribution is 7.92. The molecule has 0 bridgehead atoms. The lowest BCUT2D eigenvalue weighted by atomic mass is 10.1. The van der Waals surface area contributed by atoms with Crippen LogP contribution >= 0.6 is 11.6 Å². The van der Waals surface area contributed by atoms with Gasteiger partial charge in [0, 0.05) is 24.7 Å². The lowest BCUT2D eigenvalue weighted by Crippen LogP contribution is -2.34. The standard InChI is InChI=1S/C22H30ClN3O5S/c1-6-26(7-2)11-10-24-22(27)16-9-8-15(3)21(12-16)32(28,29)25-18-13-17(23)19(30-4)14-20(18)31-5/h8-9,12-14,25H,6-7,10-11H2,1-5H3,(H,24,27). The molecular weight excluding hydrogens is 454 g/mol. The molecule has 176 valence electrons. The maximum Gasteiger partial charge on any atom is 0.262 e. The van der Waals surface area contributed by atoms with Crippen molar-refractivity contribution in [3.05, 3.63) is 46.5 Å². The SMILES string of the molecule is CCN(CC)CCNC(=O)c1ccc(C)c(S(=O)(=O)Nc2cc(Cl)c(OC)cc2OC)c1. The smallest absolute Gasteiger partial charge is 0.262 e. The van der Waals surface area contributed by atoms with Gasteiger partial charge in [-0.2, -0.15) is 0 Å². The Hall–Kier alpha value is -2.49. The molecule has 0 spiro atoms. The van der Waals surface area contributed by atoms with Gasteiger partial charge < -0.3 is 19.7 Å². The van der Waals surface area contributed by atoms with E-state index < -0.39 is 10.0 Å². The maximum atomic E-state index is 13.1. The van der Waals surface area contributed by atoms with Crippen LogP contribution in [-0.4, -0.2) is 59.6 Å². The summed E-state index contributed by atoms with van der Waals surface area (Å²) in [6.07, 6.45) is 0. The number of rotatable bonds is 11. The van der Waals surface area contributed by atoms with Crippen molar-refractivity contribution >= 4 is 33.2 Å². The molecule has 0 unspecified atom stereocenters. The molecule has 0 heterocycles. The zero-order valence-corrected chi connectivity index (χ0v) is 20.6. The third-order valence-electron chi connectivity index (χ3n) is 5.07. The number of halogens is 1. The number of sulfonamides is 1. The molecule has 0 fully saturated rings. The fourth-order valence-corrected chi connectivity index (χ4v) is 4.71. The third-order valence-corrected chi connectivity index (χ3v) is 6.87. The Morgan fingerprint density at radius 2 is 1.72 bits per heavy atom. The van der Waals surface area contributed by atoms with Crippen molar-refractivity contribution in [2.45, 2.75) is 25.7 Å². The number of ether oxygens (including phenoxy) is 2. The number of aryl methyl sites for hydroxylation is 1. The van der Waals surface area contributed by atoms with Crippen LogP contribution in [0, 0.1) is 6.92 Å². The molecule has 0 aromatic heterocycles. The van der Waals surface area contributed by atoms with Crippen molar-refractivity contribution in [2.24, 2.45) is 0 Å². The number of nitrogens with one attached hydrogen (secondary N) is 2. The number of hydrogen-bond acceptors (Lipinski definition) is 6. The van der Waals surface area contributed by atoms with Crippen molar-refractivity contribution in [2.75, 3.05) is 45.1 Å². The van der Waals surface area contributed by atoms with Crippen LogP contribution in [0.4, 0.5) is 5.69 Å². The quantitative estimate of drug-likeness (QED) is 0.507. The van der Waals surface area contributed by atoms with Crippen molar-refractivity contribution in [1.82, 2.24) is 10.2 Å². The van der Waals surface area contributed by atoms with Crippen LogP contribution in [0.5, 0.6) is 11.5 Å². The Morgan fingerprint density at radius 3 is 2.31 bits per heavy atom. The lowest BCUT2D eigenvalue weighted by molar-refractivity contribution is 0.0948. The summed E-state index contributed by atoms with van der Waals surface area (Å²) < 4.78 is 39.2. The van der Waals surface area contributed by atoms with Gasteiger partial charge in [-0.05, 0) is 43.8 Å². The van der Waals surface area contributed by atoms with Crippen LogP contribution in [0.25, 0.3) is 0 Å². The topological polar surface area (TPSA) is 97.0 Å². The number of methoxy groups -OCH3 is 2. The molecule has 0 saturated carbocycles. The number of nitrogens with zero attached hydrogens (tertiary/aromatic N) is 1. The van der Waals surface area contributed by atoms with E-state index in [1.165, 1.54) is 32.4 Å². The van der Waals surface area contributed by atoms with E-state index in [1.807, 2.05) is 0 Å².